The fraction of sp³-hybridized carbons (Fsp3) is 0.786. The Bertz CT molecular complexity index is 439. The first kappa shape index (κ1) is 15.0. The molecule has 0 bridgehead atoms. The Hall–Kier alpha value is -0.390. The lowest BCUT2D eigenvalue weighted by Gasteiger charge is -2.29. The predicted molar refractivity (Wildman–Crippen MR) is 78.3 cm³/mol. The summed E-state index contributed by atoms with van der Waals surface area (Å²) in [6, 6.07) is 0. The van der Waals surface area contributed by atoms with Crippen LogP contribution in [0.3, 0.4) is 0 Å². The van der Waals surface area contributed by atoms with Crippen LogP contribution in [0.1, 0.15) is 45.0 Å². The van der Waals surface area contributed by atoms with Crippen LogP contribution in [-0.4, -0.2) is 33.2 Å². The molecule has 108 valence electrons. The van der Waals surface area contributed by atoms with Crippen molar-refractivity contribution in [1.82, 2.24) is 9.78 Å². The summed E-state index contributed by atoms with van der Waals surface area (Å²) in [4.78, 5) is 0. The summed E-state index contributed by atoms with van der Waals surface area (Å²) in [5.74, 6) is 0. The molecule has 2 heterocycles. The Morgan fingerprint density at radius 3 is 2.79 bits per heavy atom. The van der Waals surface area contributed by atoms with Gasteiger partial charge in [-0.3, -0.25) is 4.68 Å². The number of hydrogen-bond acceptors (Lipinski definition) is 3. The summed E-state index contributed by atoms with van der Waals surface area (Å²) >= 11 is 3.62. The van der Waals surface area contributed by atoms with Crippen molar-refractivity contribution >= 4 is 15.9 Å². The van der Waals surface area contributed by atoms with Crippen LogP contribution in [0.4, 0.5) is 0 Å². The molecule has 19 heavy (non-hydrogen) atoms. The largest absolute Gasteiger partial charge is 0.390 e. The van der Waals surface area contributed by atoms with Crippen molar-refractivity contribution in [3.8, 4) is 0 Å². The van der Waals surface area contributed by atoms with E-state index in [-0.39, 0.29) is 0 Å². The molecule has 0 spiro atoms. The molecule has 4 nitrogen and oxygen atoms in total. The Balaban J connectivity index is 2.20. The first-order valence-electron chi connectivity index (χ1n) is 7.08. The molecule has 0 aromatic carbocycles. The van der Waals surface area contributed by atoms with Crippen molar-refractivity contribution < 1.29 is 9.84 Å². The van der Waals surface area contributed by atoms with Crippen LogP contribution in [0.5, 0.6) is 0 Å². The molecular weight excluding hydrogens is 308 g/mol. The number of rotatable bonds is 5. The Labute approximate surface area is 123 Å². The van der Waals surface area contributed by atoms with Gasteiger partial charge in [0.05, 0.1) is 27.6 Å². The second kappa shape index (κ2) is 5.94. The highest BCUT2D eigenvalue weighted by Gasteiger charge is 2.38. The molecule has 5 heteroatoms. The highest BCUT2D eigenvalue weighted by Crippen LogP contribution is 2.32. The molecule has 0 radical (unpaired) electrons. The summed E-state index contributed by atoms with van der Waals surface area (Å²) in [7, 11) is 0. The van der Waals surface area contributed by atoms with E-state index in [2.05, 4.69) is 34.9 Å². The molecule has 0 amide bonds. The lowest BCUT2D eigenvalue weighted by Crippen LogP contribution is -2.40. The van der Waals surface area contributed by atoms with Crippen LogP contribution in [0.15, 0.2) is 4.47 Å². The fourth-order valence-corrected chi connectivity index (χ4v) is 3.40. The summed E-state index contributed by atoms with van der Waals surface area (Å²) in [6.07, 6.45) is 2.94. The van der Waals surface area contributed by atoms with Gasteiger partial charge in [0.1, 0.15) is 0 Å². The number of aliphatic hydroxyl groups excluding tert-OH is 1. The van der Waals surface area contributed by atoms with E-state index in [0.29, 0.717) is 6.42 Å². The fourth-order valence-electron chi connectivity index (χ4n) is 2.67. The lowest BCUT2D eigenvalue weighted by atomic mass is 9.92. The van der Waals surface area contributed by atoms with Gasteiger partial charge < -0.3 is 9.84 Å². The van der Waals surface area contributed by atoms with E-state index in [9.17, 15) is 5.11 Å². The maximum Gasteiger partial charge on any atom is 0.0916 e. The molecule has 2 rings (SSSR count). The van der Waals surface area contributed by atoms with E-state index in [4.69, 9.17) is 4.74 Å². The number of aliphatic hydroxyl groups is 1. The number of aryl methyl sites for hydroxylation is 2. The molecular formula is C14H23BrN2O2. The van der Waals surface area contributed by atoms with Crippen LogP contribution >= 0.6 is 15.9 Å². The number of aromatic nitrogens is 2. The van der Waals surface area contributed by atoms with E-state index >= 15 is 0 Å². The summed E-state index contributed by atoms with van der Waals surface area (Å²) in [6.45, 7) is 7.74. The number of halogens is 1. The molecule has 1 saturated heterocycles. The quantitative estimate of drug-likeness (QED) is 0.902. The van der Waals surface area contributed by atoms with E-state index < -0.39 is 11.7 Å². The van der Waals surface area contributed by atoms with Gasteiger partial charge in [0, 0.05) is 19.6 Å². The second-order valence-electron chi connectivity index (χ2n) is 5.36. The van der Waals surface area contributed by atoms with E-state index in [0.717, 1.165) is 48.3 Å². The molecule has 1 aliphatic heterocycles. The minimum atomic E-state index is -0.488. The highest BCUT2D eigenvalue weighted by molar-refractivity contribution is 9.10. The molecule has 1 aliphatic rings. The zero-order valence-corrected chi connectivity index (χ0v) is 13.5. The number of ether oxygens (including phenoxy) is 1. The number of nitrogens with zero attached hydrogens (tertiary/aromatic N) is 2. The van der Waals surface area contributed by atoms with Gasteiger partial charge in [-0.05, 0) is 49.0 Å². The third-order valence-electron chi connectivity index (χ3n) is 4.04. The molecule has 0 aliphatic carbocycles. The van der Waals surface area contributed by atoms with Crippen LogP contribution in [0.2, 0.25) is 0 Å². The molecule has 1 aromatic heterocycles. The van der Waals surface area contributed by atoms with Crippen molar-refractivity contribution in [2.45, 2.75) is 64.7 Å². The van der Waals surface area contributed by atoms with E-state index in [1.165, 1.54) is 0 Å². The summed E-state index contributed by atoms with van der Waals surface area (Å²) < 4.78 is 8.74. The third kappa shape index (κ3) is 2.88. The van der Waals surface area contributed by atoms with Gasteiger partial charge >= 0.3 is 0 Å². The molecule has 2 atom stereocenters. The maximum absolute atomic E-state index is 10.5. The SMILES string of the molecule is CCc1nn(CC)c(CC(O)C2(C)CCCO2)c1Br. The van der Waals surface area contributed by atoms with Crippen molar-refractivity contribution in [3.05, 3.63) is 15.9 Å². The minimum Gasteiger partial charge on any atom is -0.390 e. The van der Waals surface area contributed by atoms with Gasteiger partial charge in [-0.2, -0.15) is 5.10 Å². The van der Waals surface area contributed by atoms with E-state index in [1.54, 1.807) is 0 Å². The second-order valence-corrected chi connectivity index (χ2v) is 6.15. The minimum absolute atomic E-state index is 0.408. The standard InChI is InChI=1S/C14H23BrN2O2/c1-4-10-13(15)11(17(5-2)16-10)9-12(18)14(3)7-6-8-19-14/h12,18H,4-9H2,1-3H3. The smallest absolute Gasteiger partial charge is 0.0916 e. The van der Waals surface area contributed by atoms with Crippen molar-refractivity contribution in [2.75, 3.05) is 6.61 Å². The first-order valence-corrected chi connectivity index (χ1v) is 7.87. The van der Waals surface area contributed by atoms with Gasteiger partial charge in [-0.15, -0.1) is 0 Å². The Morgan fingerprint density at radius 2 is 2.26 bits per heavy atom. The van der Waals surface area contributed by atoms with Crippen LogP contribution in [-0.2, 0) is 24.1 Å². The normalized spacial score (nSPS) is 24.9. The topological polar surface area (TPSA) is 47.3 Å². The zero-order chi connectivity index (χ0) is 14.0. The van der Waals surface area contributed by atoms with Gasteiger partial charge in [-0.1, -0.05) is 6.92 Å². The molecule has 0 saturated carbocycles. The lowest BCUT2D eigenvalue weighted by molar-refractivity contribution is -0.0774. The van der Waals surface area contributed by atoms with Crippen LogP contribution in [0, 0.1) is 0 Å². The Morgan fingerprint density at radius 1 is 1.53 bits per heavy atom. The van der Waals surface area contributed by atoms with Crippen molar-refractivity contribution in [1.29, 1.82) is 0 Å². The highest BCUT2D eigenvalue weighted by atomic mass is 79.9. The van der Waals surface area contributed by atoms with Crippen molar-refractivity contribution in [3.63, 3.8) is 0 Å². The summed E-state index contributed by atoms with van der Waals surface area (Å²) in [5, 5.41) is 15.1. The van der Waals surface area contributed by atoms with Gasteiger partial charge in [-0.25, -0.2) is 0 Å². The maximum atomic E-state index is 10.5. The summed E-state index contributed by atoms with van der Waals surface area (Å²) in [5.41, 5.74) is 1.72. The van der Waals surface area contributed by atoms with Gasteiger partial charge in [0.15, 0.2) is 0 Å². The third-order valence-corrected chi connectivity index (χ3v) is 4.95. The van der Waals surface area contributed by atoms with Gasteiger partial charge in [0.25, 0.3) is 0 Å². The predicted octanol–water partition coefficient (Wildman–Crippen LogP) is 2.70. The number of hydrogen-bond donors (Lipinski definition) is 1. The molecule has 2 unspecified atom stereocenters. The van der Waals surface area contributed by atoms with Crippen molar-refractivity contribution in [2.24, 2.45) is 0 Å². The molecule has 1 fully saturated rings. The monoisotopic (exact) mass is 330 g/mol. The van der Waals surface area contributed by atoms with E-state index in [1.807, 2.05) is 11.6 Å². The first-order chi connectivity index (χ1) is 9.01. The zero-order valence-electron chi connectivity index (χ0n) is 11.9. The average Bonchev–Trinajstić information content (AvgIpc) is 2.96. The Kier molecular flexibility index (Phi) is 4.69. The molecule has 1 aromatic rings. The van der Waals surface area contributed by atoms with Crippen LogP contribution < -0.4 is 0 Å². The van der Waals surface area contributed by atoms with Gasteiger partial charge in [0.2, 0.25) is 0 Å². The molecule has 1 N–H and O–H groups in total. The van der Waals surface area contributed by atoms with Crippen LogP contribution in [0.25, 0.3) is 0 Å². The average molecular weight is 331 g/mol.